The van der Waals surface area contributed by atoms with Crippen molar-refractivity contribution in [1.82, 2.24) is 28.6 Å². The summed E-state index contributed by atoms with van der Waals surface area (Å²) in [6.45, 7) is 6.50. The van der Waals surface area contributed by atoms with E-state index in [9.17, 15) is 28.0 Å². The van der Waals surface area contributed by atoms with E-state index in [1.54, 1.807) is 23.1 Å². The molecule has 2 aliphatic rings. The first kappa shape index (κ1) is 28.6. The molecule has 3 N–H and O–H groups in total. The number of likely N-dealkylation sites (tertiary alicyclic amines) is 1. The summed E-state index contributed by atoms with van der Waals surface area (Å²) in [5.41, 5.74) is 5.27. The number of nitrogens with two attached hydrogens (primary N) is 1. The molecule has 0 aromatic carbocycles. The molecule has 1 aliphatic carbocycles. The number of anilines is 1. The fourth-order valence-corrected chi connectivity index (χ4v) is 5.13. The summed E-state index contributed by atoms with van der Waals surface area (Å²) >= 11 is 0. The summed E-state index contributed by atoms with van der Waals surface area (Å²) in [7, 11) is 1.42. The molecule has 1 amide bonds. The van der Waals surface area contributed by atoms with Crippen molar-refractivity contribution in [3.8, 4) is 0 Å². The Labute approximate surface area is 237 Å². The van der Waals surface area contributed by atoms with Crippen molar-refractivity contribution in [2.24, 2.45) is 29.6 Å². The van der Waals surface area contributed by atoms with Crippen molar-refractivity contribution < 1.29 is 18.4 Å². The van der Waals surface area contributed by atoms with Crippen molar-refractivity contribution in [1.29, 1.82) is 0 Å². The molecule has 1 saturated carbocycles. The van der Waals surface area contributed by atoms with Gasteiger partial charge in [0.05, 0.1) is 42.3 Å². The summed E-state index contributed by atoms with van der Waals surface area (Å²) in [4.78, 5) is 65.0. The first-order chi connectivity index (χ1) is 19.8. The number of hydrogen-bond acceptors (Lipinski definition) is 8. The fourth-order valence-electron chi connectivity index (χ4n) is 5.13. The van der Waals surface area contributed by atoms with E-state index in [0.717, 1.165) is 9.13 Å². The fraction of sp³-hybridized carbons (Fsp3) is 0.370. The molecule has 0 bridgehead atoms. The van der Waals surface area contributed by atoms with Gasteiger partial charge in [-0.3, -0.25) is 23.5 Å². The number of rotatable bonds is 8. The number of hydrogen-bond donors (Lipinski definition) is 2. The average molecular weight is 582 g/mol. The minimum absolute atomic E-state index is 0.00945. The number of carbonyl (C=O) groups excluding carboxylic acids is 2. The Bertz CT molecular complexity index is 1790. The van der Waals surface area contributed by atoms with E-state index < -0.39 is 47.5 Å². The minimum Gasteiger partial charge on any atom is -0.396 e. The predicted octanol–water partition coefficient (Wildman–Crippen LogP) is 1.12. The van der Waals surface area contributed by atoms with Gasteiger partial charge in [-0.25, -0.2) is 28.5 Å². The van der Waals surface area contributed by atoms with Crippen LogP contribution in [0, 0.1) is 11.8 Å². The van der Waals surface area contributed by atoms with Gasteiger partial charge >= 0.3 is 5.69 Å². The number of nitrogens with zero attached hydrogens (tertiary/aromatic N) is 7. The molecular formula is C27H29F2N9O4. The highest BCUT2D eigenvalue weighted by Gasteiger charge is 2.71. The molecule has 0 radical (unpaired) electrons. The number of imidazole rings is 1. The first-order valence-electron chi connectivity index (χ1n) is 13.1. The lowest BCUT2D eigenvalue weighted by atomic mass is 10.2. The molecule has 15 heteroatoms. The average Bonchev–Trinajstić information content (AvgIpc) is 3.38. The number of carbonyl (C=O) groups is 2. The van der Waals surface area contributed by atoms with E-state index in [0.29, 0.717) is 11.5 Å². The lowest BCUT2D eigenvalue weighted by molar-refractivity contribution is -0.119. The normalized spacial score (nSPS) is 20.4. The Morgan fingerprint density at radius 2 is 1.98 bits per heavy atom. The molecule has 2 fully saturated rings. The molecule has 3 aromatic rings. The number of Topliss-reactive ketones (excluding diaryl/α,β-unsaturated/α-hetero) is 1. The molecule has 42 heavy (non-hydrogen) atoms. The Kier molecular flexibility index (Phi) is 7.12. The highest BCUT2D eigenvalue weighted by atomic mass is 19.3. The number of pyridine rings is 1. The lowest BCUT2D eigenvalue weighted by Crippen LogP contribution is -2.41. The van der Waals surface area contributed by atoms with E-state index in [1.807, 2.05) is 0 Å². The first-order valence-corrected chi connectivity index (χ1v) is 13.1. The number of nitrogens with one attached hydrogen (secondary N) is 1. The third kappa shape index (κ3) is 4.90. The lowest BCUT2D eigenvalue weighted by Gasteiger charge is -2.21. The Morgan fingerprint density at radius 1 is 1.29 bits per heavy atom. The molecule has 3 aromatic heterocycles. The highest BCUT2D eigenvalue weighted by Crippen LogP contribution is 2.59. The van der Waals surface area contributed by atoms with Crippen LogP contribution in [-0.2, 0) is 23.2 Å². The van der Waals surface area contributed by atoms with E-state index >= 15 is 0 Å². The van der Waals surface area contributed by atoms with Crippen LogP contribution in [0.2, 0.25) is 0 Å². The highest BCUT2D eigenvalue weighted by molar-refractivity contribution is 5.94. The van der Waals surface area contributed by atoms with Gasteiger partial charge in [0.1, 0.15) is 23.5 Å². The van der Waals surface area contributed by atoms with Gasteiger partial charge in [-0.1, -0.05) is 12.6 Å². The van der Waals surface area contributed by atoms with Crippen LogP contribution in [0.3, 0.4) is 0 Å². The van der Waals surface area contributed by atoms with Crippen molar-refractivity contribution in [2.45, 2.75) is 32.4 Å². The number of aliphatic imine (C=N–C) groups is 1. The molecule has 1 aliphatic heterocycles. The van der Waals surface area contributed by atoms with Crippen LogP contribution in [0.4, 0.5) is 14.6 Å². The van der Waals surface area contributed by atoms with E-state index in [4.69, 9.17) is 5.73 Å². The number of halogens is 2. The third-order valence-corrected chi connectivity index (χ3v) is 7.57. The zero-order chi connectivity index (χ0) is 30.5. The van der Waals surface area contributed by atoms with Gasteiger partial charge in [0.25, 0.3) is 11.5 Å². The van der Waals surface area contributed by atoms with Crippen LogP contribution in [0.5, 0.6) is 0 Å². The van der Waals surface area contributed by atoms with Crippen molar-refractivity contribution in [3.63, 3.8) is 0 Å². The third-order valence-electron chi connectivity index (χ3n) is 7.57. The van der Waals surface area contributed by atoms with E-state index in [1.165, 1.54) is 44.1 Å². The molecule has 4 heterocycles. The van der Waals surface area contributed by atoms with Gasteiger partial charge < -0.3 is 20.5 Å². The molecule has 1 saturated heterocycles. The standard InChI is InChI=1S/C27H29F2N9O4/c1-5-21(36-11-16-17(12-36)27(16,28)29)31-9-18(30)19-7-6-8-20(33-19)34-24(40)15(3)38-13-32-23-22(38)25(41)37(10-14(2)39)26(42)35(23)4/h5-9,13,15-17H,1,10-12,30H2,2-4H3,(H,33,34,40)/b18-9-,31-21+/t15-,16?,17?/m0/s1. The molecule has 220 valence electrons. The van der Waals surface area contributed by atoms with E-state index in [2.05, 4.69) is 26.9 Å². The number of amidine groups is 1. The summed E-state index contributed by atoms with van der Waals surface area (Å²) in [5.74, 6) is -4.27. The number of alkyl halides is 2. The van der Waals surface area contributed by atoms with Gasteiger partial charge in [0, 0.05) is 20.1 Å². The van der Waals surface area contributed by atoms with Gasteiger partial charge in [-0.05, 0) is 32.1 Å². The maximum Gasteiger partial charge on any atom is 0.332 e. The van der Waals surface area contributed by atoms with Crippen LogP contribution >= 0.6 is 0 Å². The van der Waals surface area contributed by atoms with Crippen molar-refractivity contribution in [3.05, 3.63) is 69.9 Å². The second-order valence-electron chi connectivity index (χ2n) is 10.4. The number of ketones is 1. The van der Waals surface area contributed by atoms with Gasteiger partial charge in [0.15, 0.2) is 11.2 Å². The molecule has 13 nitrogen and oxygen atoms in total. The summed E-state index contributed by atoms with van der Waals surface area (Å²) in [5, 5.41) is 2.68. The number of aromatic nitrogens is 5. The zero-order valence-corrected chi connectivity index (χ0v) is 23.1. The van der Waals surface area contributed by atoms with Gasteiger partial charge in [-0.2, -0.15) is 0 Å². The summed E-state index contributed by atoms with van der Waals surface area (Å²) < 4.78 is 30.4. The SMILES string of the molecule is C=C/C(=N\C=C(/N)c1cccc(NC(=O)[C@H](C)n2cnc3c2c(=O)n(CC(C)=O)c(=O)n3C)n1)N1CC2C(C1)C2(F)F. The largest absolute Gasteiger partial charge is 0.396 e. The van der Waals surface area contributed by atoms with Crippen LogP contribution in [0.1, 0.15) is 25.6 Å². The molecular weight excluding hydrogens is 552 g/mol. The smallest absolute Gasteiger partial charge is 0.332 e. The maximum absolute atomic E-state index is 13.5. The Morgan fingerprint density at radius 3 is 2.62 bits per heavy atom. The van der Waals surface area contributed by atoms with Crippen LogP contribution < -0.4 is 22.3 Å². The monoisotopic (exact) mass is 581 g/mol. The number of aryl methyl sites for hydroxylation is 1. The minimum atomic E-state index is -2.61. The number of amides is 1. The van der Waals surface area contributed by atoms with Crippen LogP contribution in [0.15, 0.2) is 58.0 Å². The van der Waals surface area contributed by atoms with Crippen LogP contribution in [0.25, 0.3) is 16.9 Å². The second kappa shape index (κ2) is 10.5. The number of piperidine rings is 1. The predicted molar refractivity (Wildman–Crippen MR) is 151 cm³/mol. The van der Waals surface area contributed by atoms with Crippen molar-refractivity contribution >= 4 is 40.2 Å². The second-order valence-corrected chi connectivity index (χ2v) is 10.4. The number of fused-ring (bicyclic) bond motifs is 2. The summed E-state index contributed by atoms with van der Waals surface area (Å²) in [6.07, 6.45) is 4.10. The summed E-state index contributed by atoms with van der Waals surface area (Å²) in [6, 6.07) is 3.83. The van der Waals surface area contributed by atoms with Crippen molar-refractivity contribution in [2.75, 3.05) is 18.4 Å². The van der Waals surface area contributed by atoms with Gasteiger partial charge in [0.2, 0.25) is 5.91 Å². The van der Waals surface area contributed by atoms with Crippen LogP contribution in [-0.4, -0.2) is 65.1 Å². The maximum atomic E-state index is 13.5. The van der Waals surface area contributed by atoms with Gasteiger partial charge in [-0.15, -0.1) is 0 Å². The molecule has 3 atom stereocenters. The molecule has 0 spiro atoms. The Balaban J connectivity index is 1.34. The molecule has 5 rings (SSSR count). The Hall–Kier alpha value is -4.95. The quantitative estimate of drug-likeness (QED) is 0.295. The molecule has 2 unspecified atom stereocenters. The van der Waals surface area contributed by atoms with E-state index in [-0.39, 0.29) is 41.6 Å². The zero-order valence-electron chi connectivity index (χ0n) is 23.1. The topological polar surface area (TPSA) is 162 Å².